The van der Waals surface area contributed by atoms with Crippen molar-refractivity contribution in [3.63, 3.8) is 0 Å². The summed E-state index contributed by atoms with van der Waals surface area (Å²) < 4.78 is 6.49. The first-order chi connectivity index (χ1) is 12.9. The number of urea groups is 1. The molecule has 2 aromatic rings. The van der Waals surface area contributed by atoms with Crippen molar-refractivity contribution in [1.29, 1.82) is 0 Å². The normalized spacial score (nSPS) is 20.5. The summed E-state index contributed by atoms with van der Waals surface area (Å²) in [6.07, 6.45) is 2.38. The van der Waals surface area contributed by atoms with Crippen LogP contribution in [0.3, 0.4) is 0 Å². The molecule has 2 aliphatic rings. The summed E-state index contributed by atoms with van der Waals surface area (Å²) in [7, 11) is 0. The van der Waals surface area contributed by atoms with Gasteiger partial charge in [0.1, 0.15) is 17.4 Å². The molecule has 2 heterocycles. The minimum absolute atomic E-state index is 0.0931. The molecular weight excluding hydrogens is 412 g/mol. The van der Waals surface area contributed by atoms with Gasteiger partial charge in [0.05, 0.1) is 5.69 Å². The number of ether oxygens (including phenoxy) is 1. The largest absolute Gasteiger partial charge is 0.490 e. The van der Waals surface area contributed by atoms with E-state index >= 15 is 0 Å². The summed E-state index contributed by atoms with van der Waals surface area (Å²) in [5, 5.41) is 2.23. The van der Waals surface area contributed by atoms with Crippen molar-refractivity contribution in [2.45, 2.75) is 19.4 Å². The van der Waals surface area contributed by atoms with E-state index in [1.165, 1.54) is 6.08 Å². The first-order valence-electron chi connectivity index (χ1n) is 8.39. The van der Waals surface area contributed by atoms with Gasteiger partial charge in [0.2, 0.25) is 0 Å². The third-order valence-electron chi connectivity index (χ3n) is 4.42. The Bertz CT molecular complexity index is 998. The molecule has 0 aromatic heterocycles. The molecule has 4 amide bonds. The second kappa shape index (κ2) is 6.66. The van der Waals surface area contributed by atoms with Gasteiger partial charge in [-0.15, -0.1) is 0 Å². The minimum Gasteiger partial charge on any atom is -0.490 e. The van der Waals surface area contributed by atoms with Gasteiger partial charge in [-0.2, -0.15) is 0 Å². The molecule has 27 heavy (non-hydrogen) atoms. The van der Waals surface area contributed by atoms with Crippen LogP contribution in [0.15, 0.2) is 52.5 Å². The van der Waals surface area contributed by atoms with Gasteiger partial charge in [-0.3, -0.25) is 14.9 Å². The van der Waals surface area contributed by atoms with Crippen LogP contribution in [0.5, 0.6) is 5.75 Å². The minimum atomic E-state index is -0.763. The van der Waals surface area contributed by atoms with Crippen LogP contribution in [0.1, 0.15) is 18.1 Å². The molecule has 7 heteroatoms. The molecule has 2 aliphatic heterocycles. The van der Waals surface area contributed by atoms with Crippen molar-refractivity contribution in [1.82, 2.24) is 5.32 Å². The smallest absolute Gasteiger partial charge is 0.335 e. The summed E-state index contributed by atoms with van der Waals surface area (Å²) in [6.45, 7) is 1.98. The van der Waals surface area contributed by atoms with E-state index in [4.69, 9.17) is 4.74 Å². The lowest BCUT2D eigenvalue weighted by molar-refractivity contribution is -0.122. The van der Waals surface area contributed by atoms with Crippen LogP contribution in [-0.2, 0) is 16.0 Å². The maximum atomic E-state index is 12.9. The van der Waals surface area contributed by atoms with Crippen LogP contribution in [0, 0.1) is 0 Å². The van der Waals surface area contributed by atoms with Gasteiger partial charge in [0.25, 0.3) is 11.8 Å². The predicted octanol–water partition coefficient (Wildman–Crippen LogP) is 3.44. The number of barbiturate groups is 1. The van der Waals surface area contributed by atoms with Gasteiger partial charge in [-0.1, -0.05) is 22.0 Å². The molecule has 1 fully saturated rings. The van der Waals surface area contributed by atoms with E-state index in [2.05, 4.69) is 21.2 Å². The molecule has 4 rings (SSSR count). The van der Waals surface area contributed by atoms with Crippen molar-refractivity contribution >= 4 is 45.5 Å². The number of anilines is 1. The summed E-state index contributed by atoms with van der Waals surface area (Å²) >= 11 is 3.31. The average molecular weight is 427 g/mol. The molecule has 0 aliphatic carbocycles. The number of nitrogens with zero attached hydrogens (tertiary/aromatic N) is 1. The van der Waals surface area contributed by atoms with Crippen LogP contribution in [-0.4, -0.2) is 23.9 Å². The fraction of sp³-hybridized carbons (Fsp3) is 0.150. The number of hydrogen-bond donors (Lipinski definition) is 1. The van der Waals surface area contributed by atoms with E-state index in [-0.39, 0.29) is 11.7 Å². The van der Waals surface area contributed by atoms with E-state index in [0.29, 0.717) is 11.3 Å². The molecule has 1 saturated heterocycles. The van der Waals surface area contributed by atoms with Crippen LogP contribution >= 0.6 is 15.9 Å². The van der Waals surface area contributed by atoms with Gasteiger partial charge in [0.15, 0.2) is 0 Å². The number of hydrogen-bond acceptors (Lipinski definition) is 4. The Morgan fingerprint density at radius 2 is 1.89 bits per heavy atom. The molecule has 2 aromatic carbocycles. The lowest BCUT2D eigenvalue weighted by Gasteiger charge is -2.26. The zero-order chi connectivity index (χ0) is 19.1. The Balaban J connectivity index is 1.69. The SMILES string of the molecule is C[C@@H]1Cc2cc(/C=C3\C(=O)NC(=O)N(c4ccc(Br)cc4)C3=O)ccc2O1. The fourth-order valence-electron chi connectivity index (χ4n) is 3.18. The van der Waals surface area contributed by atoms with Gasteiger partial charge in [-0.25, -0.2) is 9.69 Å². The Labute approximate surface area is 163 Å². The van der Waals surface area contributed by atoms with Crippen molar-refractivity contribution in [3.8, 4) is 5.75 Å². The molecule has 0 radical (unpaired) electrons. The number of fused-ring (bicyclic) bond motifs is 1. The number of carbonyl (C=O) groups is 3. The molecule has 136 valence electrons. The van der Waals surface area contributed by atoms with Crippen LogP contribution in [0.2, 0.25) is 0 Å². The number of halogens is 1. The van der Waals surface area contributed by atoms with Gasteiger partial charge < -0.3 is 4.74 Å². The van der Waals surface area contributed by atoms with Crippen LogP contribution in [0.25, 0.3) is 6.08 Å². The number of amides is 4. The number of rotatable bonds is 2. The maximum absolute atomic E-state index is 12.9. The average Bonchev–Trinajstić information content (AvgIpc) is 2.99. The topological polar surface area (TPSA) is 75.7 Å². The lowest BCUT2D eigenvalue weighted by Crippen LogP contribution is -2.54. The van der Waals surface area contributed by atoms with Crippen molar-refractivity contribution in [2.75, 3.05) is 4.90 Å². The highest BCUT2D eigenvalue weighted by molar-refractivity contribution is 9.10. The second-order valence-electron chi connectivity index (χ2n) is 6.43. The molecule has 0 saturated carbocycles. The zero-order valence-corrected chi connectivity index (χ0v) is 15.9. The summed E-state index contributed by atoms with van der Waals surface area (Å²) in [5.74, 6) is -0.546. The van der Waals surface area contributed by atoms with E-state index in [0.717, 1.165) is 27.1 Å². The Hall–Kier alpha value is -2.93. The third kappa shape index (κ3) is 3.26. The van der Waals surface area contributed by atoms with E-state index in [9.17, 15) is 14.4 Å². The highest BCUT2D eigenvalue weighted by Crippen LogP contribution is 2.30. The second-order valence-corrected chi connectivity index (χ2v) is 7.35. The van der Waals surface area contributed by atoms with Crippen molar-refractivity contribution < 1.29 is 19.1 Å². The summed E-state index contributed by atoms with van der Waals surface area (Å²) in [4.78, 5) is 38.3. The van der Waals surface area contributed by atoms with Crippen LogP contribution < -0.4 is 15.0 Å². The Morgan fingerprint density at radius 3 is 2.63 bits per heavy atom. The standard InChI is InChI=1S/C20H15BrN2O4/c1-11-8-13-9-12(2-7-17(13)27-11)10-16-18(24)22-20(26)23(19(16)25)15-5-3-14(21)4-6-15/h2-7,9-11H,8H2,1H3,(H,22,24,26)/b16-10+/t11-/m1/s1. The van der Waals surface area contributed by atoms with Gasteiger partial charge in [0, 0.05) is 10.9 Å². The monoisotopic (exact) mass is 426 g/mol. The highest BCUT2D eigenvalue weighted by atomic mass is 79.9. The molecular formula is C20H15BrN2O4. The summed E-state index contributed by atoms with van der Waals surface area (Å²) in [6, 6.07) is 11.4. The molecule has 0 spiro atoms. The van der Waals surface area contributed by atoms with Gasteiger partial charge >= 0.3 is 6.03 Å². The van der Waals surface area contributed by atoms with Crippen LogP contribution in [0.4, 0.5) is 10.5 Å². The van der Waals surface area contributed by atoms with E-state index in [1.54, 1.807) is 30.3 Å². The molecule has 1 N–H and O–H groups in total. The van der Waals surface area contributed by atoms with Crippen molar-refractivity contribution in [3.05, 3.63) is 63.6 Å². The number of carbonyl (C=O) groups excluding carboxylic acids is 3. The van der Waals surface area contributed by atoms with E-state index in [1.807, 2.05) is 19.1 Å². The molecule has 6 nitrogen and oxygen atoms in total. The fourth-order valence-corrected chi connectivity index (χ4v) is 3.44. The van der Waals surface area contributed by atoms with Crippen molar-refractivity contribution in [2.24, 2.45) is 0 Å². The Morgan fingerprint density at radius 1 is 1.15 bits per heavy atom. The molecule has 0 unspecified atom stereocenters. The summed E-state index contributed by atoms with van der Waals surface area (Å²) in [5.41, 5.74) is 2.02. The lowest BCUT2D eigenvalue weighted by atomic mass is 10.0. The quantitative estimate of drug-likeness (QED) is 0.589. The third-order valence-corrected chi connectivity index (χ3v) is 4.95. The van der Waals surface area contributed by atoms with E-state index < -0.39 is 17.8 Å². The van der Waals surface area contributed by atoms with Gasteiger partial charge in [-0.05, 0) is 60.5 Å². The molecule has 1 atom stereocenters. The first kappa shape index (κ1) is 17.5. The maximum Gasteiger partial charge on any atom is 0.335 e. The first-order valence-corrected chi connectivity index (χ1v) is 9.18. The zero-order valence-electron chi connectivity index (χ0n) is 14.4. The number of benzene rings is 2. The predicted molar refractivity (Wildman–Crippen MR) is 103 cm³/mol. The Kier molecular flexibility index (Phi) is 4.31. The number of imide groups is 2. The molecule has 0 bridgehead atoms. The highest BCUT2D eigenvalue weighted by Gasteiger charge is 2.36. The number of nitrogens with one attached hydrogen (secondary N) is 1.